The Morgan fingerprint density at radius 2 is 1.76 bits per heavy atom. The molecule has 0 spiro atoms. The molecule has 1 aliphatic heterocycles. The van der Waals surface area contributed by atoms with Gasteiger partial charge in [0.2, 0.25) is 10.0 Å². The molecule has 0 radical (unpaired) electrons. The highest BCUT2D eigenvalue weighted by atomic mass is 32.2. The van der Waals surface area contributed by atoms with E-state index in [1.54, 1.807) is 28.6 Å². The molecule has 7 heteroatoms. The SMILES string of the molecule is C[C@@H]1CCC[C@@H](C)N1S(=O)(=O)c1ccc(NC(=O)c2ccco2)cc1. The first kappa shape index (κ1) is 17.7. The van der Waals surface area contributed by atoms with Crippen LogP contribution in [-0.2, 0) is 10.0 Å². The van der Waals surface area contributed by atoms with Crippen LogP contribution in [0.15, 0.2) is 52.0 Å². The van der Waals surface area contributed by atoms with Crippen LogP contribution in [-0.4, -0.2) is 30.7 Å². The van der Waals surface area contributed by atoms with E-state index >= 15 is 0 Å². The number of benzene rings is 1. The minimum atomic E-state index is -3.55. The molecule has 3 rings (SSSR count). The Morgan fingerprint density at radius 3 is 2.32 bits per heavy atom. The van der Waals surface area contributed by atoms with E-state index in [0.717, 1.165) is 19.3 Å². The van der Waals surface area contributed by atoms with E-state index in [1.807, 2.05) is 13.8 Å². The Morgan fingerprint density at radius 1 is 1.12 bits per heavy atom. The van der Waals surface area contributed by atoms with Gasteiger partial charge < -0.3 is 9.73 Å². The summed E-state index contributed by atoms with van der Waals surface area (Å²) in [6, 6.07) is 9.42. The summed E-state index contributed by atoms with van der Waals surface area (Å²) in [7, 11) is -3.55. The van der Waals surface area contributed by atoms with Gasteiger partial charge in [0, 0.05) is 17.8 Å². The number of nitrogens with one attached hydrogen (secondary N) is 1. The molecule has 1 N–H and O–H groups in total. The summed E-state index contributed by atoms with van der Waals surface area (Å²) in [5, 5.41) is 2.68. The van der Waals surface area contributed by atoms with Crippen molar-refractivity contribution >= 4 is 21.6 Å². The van der Waals surface area contributed by atoms with Gasteiger partial charge in [0.1, 0.15) is 0 Å². The fourth-order valence-corrected chi connectivity index (χ4v) is 5.19. The standard InChI is InChI=1S/C18H22N2O4S/c1-13-5-3-6-14(2)20(13)25(22,23)16-10-8-15(9-11-16)19-18(21)17-7-4-12-24-17/h4,7-14H,3,5-6H2,1-2H3,(H,19,21)/t13-,14-/m1/s1. The molecular weight excluding hydrogens is 340 g/mol. The van der Waals surface area contributed by atoms with Crippen molar-refractivity contribution in [3.63, 3.8) is 0 Å². The van der Waals surface area contributed by atoms with Crippen LogP contribution in [0.5, 0.6) is 0 Å². The third-order valence-electron chi connectivity index (χ3n) is 4.55. The first-order chi connectivity index (χ1) is 11.9. The summed E-state index contributed by atoms with van der Waals surface area (Å²) in [5.41, 5.74) is 0.514. The molecule has 25 heavy (non-hydrogen) atoms. The molecule has 2 atom stereocenters. The number of furan rings is 1. The van der Waals surface area contributed by atoms with Gasteiger partial charge in [0.15, 0.2) is 5.76 Å². The molecule has 1 amide bonds. The highest BCUT2D eigenvalue weighted by molar-refractivity contribution is 7.89. The van der Waals surface area contributed by atoms with Gasteiger partial charge in [-0.15, -0.1) is 0 Å². The summed E-state index contributed by atoms with van der Waals surface area (Å²) in [6.45, 7) is 3.90. The van der Waals surface area contributed by atoms with Crippen molar-refractivity contribution < 1.29 is 17.6 Å². The van der Waals surface area contributed by atoms with Crippen molar-refractivity contribution in [3.8, 4) is 0 Å². The van der Waals surface area contributed by atoms with Crippen LogP contribution >= 0.6 is 0 Å². The zero-order valence-electron chi connectivity index (χ0n) is 14.3. The van der Waals surface area contributed by atoms with Crippen molar-refractivity contribution in [2.75, 3.05) is 5.32 Å². The second-order valence-electron chi connectivity index (χ2n) is 6.42. The lowest BCUT2D eigenvalue weighted by Crippen LogP contribution is -2.47. The Hall–Kier alpha value is -2.12. The number of carbonyl (C=O) groups is 1. The average molecular weight is 362 g/mol. The molecule has 1 aliphatic rings. The van der Waals surface area contributed by atoms with Crippen LogP contribution in [0.2, 0.25) is 0 Å². The van der Waals surface area contributed by atoms with Gasteiger partial charge in [-0.25, -0.2) is 8.42 Å². The van der Waals surface area contributed by atoms with Crippen LogP contribution in [0.3, 0.4) is 0 Å². The molecular formula is C18H22N2O4S. The van der Waals surface area contributed by atoms with Gasteiger partial charge in [-0.1, -0.05) is 6.42 Å². The molecule has 2 aromatic rings. The average Bonchev–Trinajstić information content (AvgIpc) is 3.09. The zero-order valence-corrected chi connectivity index (χ0v) is 15.1. The molecule has 1 saturated heterocycles. The maximum Gasteiger partial charge on any atom is 0.291 e. The minimum Gasteiger partial charge on any atom is -0.459 e. The maximum atomic E-state index is 13.0. The Balaban J connectivity index is 1.78. The number of amides is 1. The number of rotatable bonds is 4. The molecule has 6 nitrogen and oxygen atoms in total. The molecule has 134 valence electrons. The van der Waals surface area contributed by atoms with E-state index in [-0.39, 0.29) is 28.6 Å². The highest BCUT2D eigenvalue weighted by Crippen LogP contribution is 2.30. The number of piperidine rings is 1. The third kappa shape index (κ3) is 3.62. The number of anilines is 1. The fraction of sp³-hybridized carbons (Fsp3) is 0.389. The maximum absolute atomic E-state index is 13.0. The minimum absolute atomic E-state index is 0.00733. The monoisotopic (exact) mass is 362 g/mol. The van der Waals surface area contributed by atoms with Gasteiger partial charge in [0.25, 0.3) is 5.91 Å². The Labute approximate surface area is 147 Å². The summed E-state index contributed by atoms with van der Waals surface area (Å²) in [6.07, 6.45) is 4.22. The molecule has 0 unspecified atom stereocenters. The summed E-state index contributed by atoms with van der Waals surface area (Å²) < 4.78 is 32.5. The first-order valence-electron chi connectivity index (χ1n) is 8.38. The predicted molar refractivity (Wildman–Crippen MR) is 94.9 cm³/mol. The molecule has 1 fully saturated rings. The van der Waals surface area contributed by atoms with Gasteiger partial charge in [-0.3, -0.25) is 4.79 Å². The van der Waals surface area contributed by atoms with E-state index < -0.39 is 10.0 Å². The smallest absolute Gasteiger partial charge is 0.291 e. The topological polar surface area (TPSA) is 79.6 Å². The van der Waals surface area contributed by atoms with Crippen LogP contribution < -0.4 is 5.32 Å². The van der Waals surface area contributed by atoms with Gasteiger partial charge in [-0.2, -0.15) is 4.31 Å². The number of sulfonamides is 1. The molecule has 2 heterocycles. The Bertz CT molecular complexity index is 818. The third-order valence-corrected chi connectivity index (χ3v) is 6.69. The van der Waals surface area contributed by atoms with Gasteiger partial charge in [0.05, 0.1) is 11.2 Å². The number of hydrogen-bond acceptors (Lipinski definition) is 4. The molecule has 0 saturated carbocycles. The number of hydrogen-bond donors (Lipinski definition) is 1. The zero-order chi connectivity index (χ0) is 18.0. The number of nitrogens with zero attached hydrogens (tertiary/aromatic N) is 1. The van der Waals surface area contributed by atoms with E-state index in [0.29, 0.717) is 5.69 Å². The van der Waals surface area contributed by atoms with E-state index in [2.05, 4.69) is 5.32 Å². The van der Waals surface area contributed by atoms with Crippen molar-refractivity contribution in [3.05, 3.63) is 48.4 Å². The largest absolute Gasteiger partial charge is 0.459 e. The quantitative estimate of drug-likeness (QED) is 0.903. The second-order valence-corrected chi connectivity index (χ2v) is 8.26. The second kappa shape index (κ2) is 7.01. The van der Waals surface area contributed by atoms with Crippen molar-refractivity contribution in [2.24, 2.45) is 0 Å². The molecule has 1 aromatic heterocycles. The van der Waals surface area contributed by atoms with Crippen LogP contribution in [0.4, 0.5) is 5.69 Å². The first-order valence-corrected chi connectivity index (χ1v) is 9.82. The molecule has 1 aromatic carbocycles. The van der Waals surface area contributed by atoms with Crippen molar-refractivity contribution in [1.29, 1.82) is 0 Å². The van der Waals surface area contributed by atoms with Gasteiger partial charge >= 0.3 is 0 Å². The lowest BCUT2D eigenvalue weighted by molar-refractivity contribution is 0.0996. The lowest BCUT2D eigenvalue weighted by atomic mass is 10.0. The summed E-state index contributed by atoms with van der Waals surface area (Å²) in [4.78, 5) is 12.2. The number of carbonyl (C=O) groups excluding carboxylic acids is 1. The van der Waals surface area contributed by atoms with Crippen molar-refractivity contribution in [2.45, 2.75) is 50.1 Å². The van der Waals surface area contributed by atoms with Crippen LogP contribution in [0.1, 0.15) is 43.7 Å². The Kier molecular flexibility index (Phi) is 4.96. The van der Waals surface area contributed by atoms with E-state index in [4.69, 9.17) is 4.42 Å². The highest BCUT2D eigenvalue weighted by Gasteiger charge is 2.35. The summed E-state index contributed by atoms with van der Waals surface area (Å²) in [5.74, 6) is -0.174. The molecule has 0 bridgehead atoms. The van der Waals surface area contributed by atoms with Crippen LogP contribution in [0, 0.1) is 0 Å². The molecule has 0 aliphatic carbocycles. The fourth-order valence-electron chi connectivity index (χ4n) is 3.30. The summed E-state index contributed by atoms with van der Waals surface area (Å²) >= 11 is 0. The van der Waals surface area contributed by atoms with Crippen molar-refractivity contribution in [1.82, 2.24) is 4.31 Å². The normalized spacial score (nSPS) is 21.8. The van der Waals surface area contributed by atoms with Gasteiger partial charge in [-0.05, 0) is 63.1 Å². The predicted octanol–water partition coefficient (Wildman–Crippen LogP) is 3.48. The van der Waals surface area contributed by atoms with Crippen LogP contribution in [0.25, 0.3) is 0 Å². The van der Waals surface area contributed by atoms with E-state index in [9.17, 15) is 13.2 Å². The van der Waals surface area contributed by atoms with E-state index in [1.165, 1.54) is 18.4 Å². The lowest BCUT2D eigenvalue weighted by Gasteiger charge is -2.37.